The molecule has 0 N–H and O–H groups in total. The molecule has 0 aliphatic rings. The molecule has 0 aliphatic heterocycles. The first-order valence-corrected chi connectivity index (χ1v) is 18.2. The number of nitriles is 1. The van der Waals surface area contributed by atoms with Crippen LogP contribution in [0.1, 0.15) is 5.56 Å². The van der Waals surface area contributed by atoms with E-state index in [1.165, 1.54) is 11.1 Å². The van der Waals surface area contributed by atoms with Crippen LogP contribution in [0.5, 0.6) is 0 Å². The molecular formula is C50H30N4O. The van der Waals surface area contributed by atoms with Crippen LogP contribution in [0.3, 0.4) is 0 Å². The highest BCUT2D eigenvalue weighted by molar-refractivity contribution is 6.13. The van der Waals surface area contributed by atoms with E-state index in [2.05, 4.69) is 84.9 Å². The van der Waals surface area contributed by atoms with Gasteiger partial charge in [-0.05, 0) is 75.0 Å². The lowest BCUT2D eigenvalue weighted by Crippen LogP contribution is -2.00. The second-order valence-corrected chi connectivity index (χ2v) is 13.5. The van der Waals surface area contributed by atoms with Crippen molar-refractivity contribution in [2.45, 2.75) is 0 Å². The predicted octanol–water partition coefficient (Wildman–Crippen LogP) is 12.8. The molecule has 0 aliphatic carbocycles. The van der Waals surface area contributed by atoms with Crippen molar-refractivity contribution in [1.82, 2.24) is 15.0 Å². The Morgan fingerprint density at radius 1 is 0.382 bits per heavy atom. The molecule has 2 heterocycles. The number of nitrogens with zero attached hydrogens (tertiary/aromatic N) is 4. The molecule has 0 bridgehead atoms. The van der Waals surface area contributed by atoms with Crippen molar-refractivity contribution in [3.8, 4) is 73.6 Å². The fourth-order valence-electron chi connectivity index (χ4n) is 7.42. The van der Waals surface area contributed by atoms with Crippen molar-refractivity contribution < 1.29 is 4.42 Å². The SMILES string of the molecule is N#Cc1cc2ccccc2cc1-c1ccc(-c2nc(-c3ccccc3)nc(-c3ccc4c(c3)oc3cccc(-c5cccc(-c6ccccc6)c5)c34)n2)cc1. The van der Waals surface area contributed by atoms with Crippen LogP contribution in [0.15, 0.2) is 186 Å². The van der Waals surface area contributed by atoms with Gasteiger partial charge in [0.15, 0.2) is 17.5 Å². The van der Waals surface area contributed by atoms with Gasteiger partial charge in [0.25, 0.3) is 0 Å². The van der Waals surface area contributed by atoms with Gasteiger partial charge in [0, 0.05) is 33.0 Å². The van der Waals surface area contributed by atoms with Crippen LogP contribution in [0.4, 0.5) is 0 Å². The molecule has 0 saturated carbocycles. The van der Waals surface area contributed by atoms with Crippen LogP contribution in [0.25, 0.3) is 100 Å². The van der Waals surface area contributed by atoms with Crippen LogP contribution in [-0.2, 0) is 0 Å². The van der Waals surface area contributed by atoms with E-state index in [1.54, 1.807) is 0 Å². The Bertz CT molecular complexity index is 3090. The molecule has 5 heteroatoms. The second-order valence-electron chi connectivity index (χ2n) is 13.5. The third kappa shape index (κ3) is 5.89. The van der Waals surface area contributed by atoms with E-state index < -0.39 is 0 Å². The van der Waals surface area contributed by atoms with Crippen molar-refractivity contribution in [2.24, 2.45) is 0 Å². The molecule has 10 aromatic rings. The fourth-order valence-corrected chi connectivity index (χ4v) is 7.42. The summed E-state index contributed by atoms with van der Waals surface area (Å²) in [5.74, 6) is 1.68. The standard InChI is InChI=1S/C50H30N4O/c51-31-41-28-37-15-7-8-16-38(37)29-44(41)33-21-23-35(24-22-33)49-52-48(34-13-5-2-6-14-34)53-50(54-49)40-25-26-43-46(30-40)55-45-20-10-19-42(47(43)45)39-18-9-17-36(27-39)32-11-3-1-4-12-32/h1-30H. The first kappa shape index (κ1) is 32.0. The van der Waals surface area contributed by atoms with Gasteiger partial charge in [0.1, 0.15) is 11.2 Å². The van der Waals surface area contributed by atoms with Gasteiger partial charge >= 0.3 is 0 Å². The lowest BCUT2D eigenvalue weighted by molar-refractivity contribution is 0.669. The Balaban J connectivity index is 1.06. The van der Waals surface area contributed by atoms with Crippen LogP contribution in [0, 0.1) is 11.3 Å². The van der Waals surface area contributed by atoms with Gasteiger partial charge in [0.05, 0.1) is 11.6 Å². The average molecular weight is 703 g/mol. The molecule has 0 saturated heterocycles. The minimum Gasteiger partial charge on any atom is -0.456 e. The van der Waals surface area contributed by atoms with Crippen molar-refractivity contribution in [3.05, 3.63) is 188 Å². The summed E-state index contributed by atoms with van der Waals surface area (Å²) in [5.41, 5.74) is 11.2. The average Bonchev–Trinajstić information content (AvgIpc) is 3.65. The maximum Gasteiger partial charge on any atom is 0.164 e. The van der Waals surface area contributed by atoms with Crippen molar-refractivity contribution >= 4 is 32.7 Å². The molecule has 2 aromatic heterocycles. The largest absolute Gasteiger partial charge is 0.456 e. The second kappa shape index (κ2) is 13.4. The molecule has 256 valence electrons. The minimum atomic E-state index is 0.548. The van der Waals surface area contributed by atoms with E-state index in [9.17, 15) is 5.26 Å². The lowest BCUT2D eigenvalue weighted by atomic mass is 9.95. The number of fused-ring (bicyclic) bond motifs is 4. The molecule has 0 radical (unpaired) electrons. The number of hydrogen-bond acceptors (Lipinski definition) is 5. The summed E-state index contributed by atoms with van der Waals surface area (Å²) in [6, 6.07) is 64.1. The van der Waals surface area contributed by atoms with Crippen LogP contribution >= 0.6 is 0 Å². The highest BCUT2D eigenvalue weighted by atomic mass is 16.3. The van der Waals surface area contributed by atoms with E-state index in [0.717, 1.165) is 71.7 Å². The molecule has 0 spiro atoms. The topological polar surface area (TPSA) is 75.6 Å². The number of rotatable bonds is 6. The molecule has 0 fully saturated rings. The molecular weight excluding hydrogens is 673 g/mol. The maximum atomic E-state index is 9.99. The highest BCUT2D eigenvalue weighted by Crippen LogP contribution is 2.39. The minimum absolute atomic E-state index is 0.548. The molecule has 10 rings (SSSR count). The lowest BCUT2D eigenvalue weighted by Gasteiger charge is -2.10. The van der Waals surface area contributed by atoms with Crippen LogP contribution < -0.4 is 0 Å². The Kier molecular flexibility index (Phi) is 7.79. The van der Waals surface area contributed by atoms with E-state index in [1.807, 2.05) is 103 Å². The van der Waals surface area contributed by atoms with Crippen LogP contribution in [-0.4, -0.2) is 15.0 Å². The van der Waals surface area contributed by atoms with Gasteiger partial charge < -0.3 is 4.42 Å². The summed E-state index contributed by atoms with van der Waals surface area (Å²) in [6.07, 6.45) is 0. The normalized spacial score (nSPS) is 11.3. The van der Waals surface area contributed by atoms with Crippen molar-refractivity contribution in [3.63, 3.8) is 0 Å². The summed E-state index contributed by atoms with van der Waals surface area (Å²) in [5, 5.41) is 14.2. The summed E-state index contributed by atoms with van der Waals surface area (Å²) < 4.78 is 6.53. The van der Waals surface area contributed by atoms with E-state index in [-0.39, 0.29) is 0 Å². The Labute approximate surface area is 317 Å². The van der Waals surface area contributed by atoms with Gasteiger partial charge in [-0.25, -0.2) is 15.0 Å². The first-order valence-electron chi connectivity index (χ1n) is 18.2. The molecule has 0 unspecified atom stereocenters. The molecule has 5 nitrogen and oxygen atoms in total. The smallest absolute Gasteiger partial charge is 0.164 e. The Morgan fingerprint density at radius 3 is 1.67 bits per heavy atom. The third-order valence-electron chi connectivity index (χ3n) is 10.2. The molecule has 0 amide bonds. The van der Waals surface area contributed by atoms with Gasteiger partial charge in [-0.2, -0.15) is 5.26 Å². The molecule has 0 atom stereocenters. The van der Waals surface area contributed by atoms with Crippen molar-refractivity contribution in [1.29, 1.82) is 5.26 Å². The zero-order valence-electron chi connectivity index (χ0n) is 29.5. The summed E-state index contributed by atoms with van der Waals surface area (Å²) in [4.78, 5) is 15.0. The highest BCUT2D eigenvalue weighted by Gasteiger charge is 2.17. The zero-order chi connectivity index (χ0) is 36.7. The third-order valence-corrected chi connectivity index (χ3v) is 10.2. The zero-order valence-corrected chi connectivity index (χ0v) is 29.5. The molecule has 8 aromatic carbocycles. The van der Waals surface area contributed by atoms with E-state index in [4.69, 9.17) is 19.4 Å². The molecule has 55 heavy (non-hydrogen) atoms. The van der Waals surface area contributed by atoms with E-state index in [0.29, 0.717) is 23.0 Å². The fraction of sp³-hybridized carbons (Fsp3) is 0. The Hall–Kier alpha value is -7.68. The number of hydrogen-bond donors (Lipinski definition) is 0. The monoisotopic (exact) mass is 702 g/mol. The summed E-state index contributed by atoms with van der Waals surface area (Å²) in [7, 11) is 0. The predicted molar refractivity (Wildman–Crippen MR) is 222 cm³/mol. The van der Waals surface area contributed by atoms with Gasteiger partial charge in [-0.1, -0.05) is 146 Å². The van der Waals surface area contributed by atoms with E-state index >= 15 is 0 Å². The van der Waals surface area contributed by atoms with Gasteiger partial charge in [-0.3, -0.25) is 0 Å². The maximum absolute atomic E-state index is 9.99. The number of aromatic nitrogens is 3. The summed E-state index contributed by atoms with van der Waals surface area (Å²) >= 11 is 0. The summed E-state index contributed by atoms with van der Waals surface area (Å²) in [6.45, 7) is 0. The Morgan fingerprint density at radius 2 is 0.945 bits per heavy atom. The van der Waals surface area contributed by atoms with Gasteiger partial charge in [-0.15, -0.1) is 0 Å². The van der Waals surface area contributed by atoms with Crippen molar-refractivity contribution in [2.75, 3.05) is 0 Å². The quantitative estimate of drug-likeness (QED) is 0.172. The van der Waals surface area contributed by atoms with Gasteiger partial charge in [0.2, 0.25) is 0 Å². The number of benzene rings is 8. The first-order chi connectivity index (χ1) is 27.2. The van der Waals surface area contributed by atoms with Crippen LogP contribution in [0.2, 0.25) is 0 Å². The number of furan rings is 1.